The number of nitrogens with zero attached hydrogens (tertiary/aromatic N) is 1. The quantitative estimate of drug-likeness (QED) is 0.112. The van der Waals surface area contributed by atoms with Crippen LogP contribution in [0.5, 0.6) is 0 Å². The Bertz CT molecular complexity index is 1010. The van der Waals surface area contributed by atoms with Crippen LogP contribution in [0.1, 0.15) is 22.3 Å². The van der Waals surface area contributed by atoms with Gasteiger partial charge in [0.15, 0.2) is 11.6 Å². The smallest absolute Gasteiger partial charge is 0.277 e. The number of oxime groups is 1. The fourth-order valence-electron chi connectivity index (χ4n) is 2.58. The number of carbonyl (C=O) groups excluding carboxylic acids is 1. The lowest BCUT2D eigenvalue weighted by Gasteiger charge is -2.17. The van der Waals surface area contributed by atoms with Crippen LogP contribution < -0.4 is 10.8 Å². The SMILES string of the molecule is O=C(NOCCO)c1cc(/C(CCO)=N/OCCO)c(F)c(F)c1Nc1ccc(I)cc1F. The lowest BCUT2D eigenvalue weighted by molar-refractivity contribution is 0.0168. The van der Waals surface area contributed by atoms with Crippen molar-refractivity contribution in [2.75, 3.05) is 38.4 Å². The number of benzene rings is 2. The maximum atomic E-state index is 15.1. The molecule has 0 atom stereocenters. The van der Waals surface area contributed by atoms with Crippen LogP contribution in [0.25, 0.3) is 0 Å². The van der Waals surface area contributed by atoms with Gasteiger partial charge in [-0.2, -0.15) is 0 Å². The molecule has 0 bridgehead atoms. The van der Waals surface area contributed by atoms with Crippen LogP contribution in [0.3, 0.4) is 0 Å². The zero-order valence-electron chi connectivity index (χ0n) is 17.1. The van der Waals surface area contributed by atoms with Gasteiger partial charge in [0.1, 0.15) is 12.4 Å². The van der Waals surface area contributed by atoms with Gasteiger partial charge in [-0.05, 0) is 46.9 Å². The first kappa shape index (κ1) is 26.8. The molecule has 0 saturated carbocycles. The summed E-state index contributed by atoms with van der Waals surface area (Å²) in [5.74, 6) is -4.76. The van der Waals surface area contributed by atoms with E-state index in [2.05, 4.69) is 10.5 Å². The molecule has 1 amide bonds. The minimum absolute atomic E-state index is 0.220. The van der Waals surface area contributed by atoms with Crippen molar-refractivity contribution in [1.82, 2.24) is 5.48 Å². The summed E-state index contributed by atoms with van der Waals surface area (Å²) < 4.78 is 45.0. The number of amides is 1. The van der Waals surface area contributed by atoms with Crippen molar-refractivity contribution in [3.05, 3.63) is 56.4 Å². The van der Waals surface area contributed by atoms with Crippen LogP contribution in [-0.4, -0.2) is 60.0 Å². The molecule has 0 heterocycles. The Kier molecular flexibility index (Phi) is 10.8. The van der Waals surface area contributed by atoms with Gasteiger partial charge in [0.2, 0.25) is 0 Å². The number of halogens is 4. The number of aliphatic hydroxyl groups excluding tert-OH is 3. The third kappa shape index (κ3) is 7.26. The molecule has 0 fully saturated rings. The van der Waals surface area contributed by atoms with Gasteiger partial charge in [-0.3, -0.25) is 9.63 Å². The molecule has 2 aromatic rings. The van der Waals surface area contributed by atoms with Crippen molar-refractivity contribution in [2.24, 2.45) is 5.16 Å². The van der Waals surface area contributed by atoms with Gasteiger partial charge in [-0.25, -0.2) is 18.7 Å². The Morgan fingerprint density at radius 2 is 1.73 bits per heavy atom. The highest BCUT2D eigenvalue weighted by Gasteiger charge is 2.26. The topological polar surface area (TPSA) is 133 Å². The highest BCUT2D eigenvalue weighted by molar-refractivity contribution is 14.1. The van der Waals surface area contributed by atoms with E-state index in [9.17, 15) is 18.7 Å². The molecule has 13 heteroatoms. The van der Waals surface area contributed by atoms with E-state index in [0.717, 1.165) is 12.1 Å². The van der Waals surface area contributed by atoms with Gasteiger partial charge in [0.25, 0.3) is 5.91 Å². The molecule has 0 unspecified atom stereocenters. The summed E-state index contributed by atoms with van der Waals surface area (Å²) in [5, 5.41) is 32.9. The first-order valence-corrected chi connectivity index (χ1v) is 10.6. The molecular weight excluding hydrogens is 562 g/mol. The number of aliphatic hydroxyl groups is 3. The van der Waals surface area contributed by atoms with Gasteiger partial charge in [0.05, 0.1) is 42.5 Å². The van der Waals surface area contributed by atoms with Gasteiger partial charge < -0.3 is 25.5 Å². The molecule has 180 valence electrons. The predicted molar refractivity (Wildman–Crippen MR) is 121 cm³/mol. The normalized spacial score (nSPS) is 11.4. The van der Waals surface area contributed by atoms with E-state index in [4.69, 9.17) is 19.9 Å². The molecule has 2 rings (SSSR count). The maximum Gasteiger partial charge on any atom is 0.277 e. The fraction of sp³-hybridized carbons (Fsp3) is 0.300. The minimum Gasteiger partial charge on any atom is -0.396 e. The fourth-order valence-corrected chi connectivity index (χ4v) is 3.03. The largest absolute Gasteiger partial charge is 0.396 e. The summed E-state index contributed by atoms with van der Waals surface area (Å²) in [6.45, 7) is -1.84. The predicted octanol–water partition coefficient (Wildman–Crippen LogP) is 2.20. The Morgan fingerprint density at radius 3 is 2.36 bits per heavy atom. The van der Waals surface area contributed by atoms with E-state index >= 15 is 4.39 Å². The number of anilines is 2. The molecule has 0 spiro atoms. The average Bonchev–Trinajstić information content (AvgIpc) is 2.78. The van der Waals surface area contributed by atoms with Crippen molar-refractivity contribution in [3.8, 4) is 0 Å². The number of hydroxylamine groups is 1. The maximum absolute atomic E-state index is 15.1. The summed E-state index contributed by atoms with van der Waals surface area (Å²) in [6.07, 6.45) is -0.262. The van der Waals surface area contributed by atoms with Crippen molar-refractivity contribution >= 4 is 45.6 Å². The Balaban J connectivity index is 2.60. The van der Waals surface area contributed by atoms with Gasteiger partial charge in [-0.1, -0.05) is 5.16 Å². The van der Waals surface area contributed by atoms with Crippen molar-refractivity contribution in [1.29, 1.82) is 0 Å². The van der Waals surface area contributed by atoms with Crippen molar-refractivity contribution in [2.45, 2.75) is 6.42 Å². The Morgan fingerprint density at radius 1 is 1.00 bits per heavy atom. The summed E-state index contributed by atoms with van der Waals surface area (Å²) in [6, 6.07) is 4.89. The van der Waals surface area contributed by atoms with Crippen LogP contribution in [-0.2, 0) is 9.68 Å². The zero-order chi connectivity index (χ0) is 24.4. The van der Waals surface area contributed by atoms with Crippen LogP contribution in [0, 0.1) is 21.0 Å². The van der Waals surface area contributed by atoms with E-state index < -0.39 is 60.0 Å². The van der Waals surface area contributed by atoms with Crippen molar-refractivity contribution < 1.29 is 43.0 Å². The zero-order valence-corrected chi connectivity index (χ0v) is 19.2. The second kappa shape index (κ2) is 13.3. The van der Waals surface area contributed by atoms with E-state index in [1.165, 1.54) is 12.1 Å². The minimum atomic E-state index is -1.52. The van der Waals surface area contributed by atoms with Gasteiger partial charge >= 0.3 is 0 Å². The van der Waals surface area contributed by atoms with E-state index in [0.29, 0.717) is 3.57 Å². The standard InChI is InChI=1S/C20H21F3IN3O6/c21-14-9-11(24)1-2-16(14)25-19-13(20(31)27-33-8-6-30)10-12(17(22)18(19)23)15(3-4-28)26-32-7-5-29/h1-2,9-10,25,28-30H,3-8H2,(H,27,31)/b26-15+. The summed E-state index contributed by atoms with van der Waals surface area (Å²) in [4.78, 5) is 22.2. The molecule has 0 aliphatic carbocycles. The van der Waals surface area contributed by atoms with Gasteiger partial charge in [-0.15, -0.1) is 0 Å². The van der Waals surface area contributed by atoms with E-state index in [-0.39, 0.29) is 31.0 Å². The Labute approximate surface area is 200 Å². The first-order valence-electron chi connectivity index (χ1n) is 9.52. The molecular formula is C20H21F3IN3O6. The molecule has 2 aromatic carbocycles. The molecule has 33 heavy (non-hydrogen) atoms. The van der Waals surface area contributed by atoms with Crippen LogP contribution >= 0.6 is 22.6 Å². The van der Waals surface area contributed by atoms with Gasteiger partial charge in [0, 0.05) is 22.2 Å². The third-order valence-corrected chi connectivity index (χ3v) is 4.69. The van der Waals surface area contributed by atoms with E-state index in [1.807, 2.05) is 28.1 Å². The summed E-state index contributed by atoms with van der Waals surface area (Å²) in [5.41, 5.74) is -0.144. The number of rotatable bonds is 12. The second-order valence-electron chi connectivity index (χ2n) is 6.30. The highest BCUT2D eigenvalue weighted by atomic mass is 127. The van der Waals surface area contributed by atoms with Crippen LogP contribution in [0.15, 0.2) is 29.4 Å². The highest BCUT2D eigenvalue weighted by Crippen LogP contribution is 2.31. The molecule has 9 nitrogen and oxygen atoms in total. The third-order valence-electron chi connectivity index (χ3n) is 4.02. The van der Waals surface area contributed by atoms with Crippen molar-refractivity contribution in [3.63, 3.8) is 0 Å². The summed E-state index contributed by atoms with van der Waals surface area (Å²) in [7, 11) is 0. The monoisotopic (exact) mass is 583 g/mol. The second-order valence-corrected chi connectivity index (χ2v) is 7.54. The molecule has 0 saturated heterocycles. The number of hydrogen-bond acceptors (Lipinski definition) is 8. The van der Waals surface area contributed by atoms with E-state index in [1.54, 1.807) is 0 Å². The molecule has 0 aliphatic heterocycles. The molecule has 5 N–H and O–H groups in total. The molecule has 0 aromatic heterocycles. The lowest BCUT2D eigenvalue weighted by Crippen LogP contribution is -2.27. The summed E-state index contributed by atoms with van der Waals surface area (Å²) >= 11 is 1.87. The Hall–Kier alpha value is -2.46. The number of carbonyl (C=O) groups is 1. The molecule has 0 aliphatic rings. The number of nitrogens with one attached hydrogen (secondary N) is 2. The van der Waals surface area contributed by atoms with Crippen LogP contribution in [0.2, 0.25) is 0 Å². The first-order chi connectivity index (χ1) is 15.8. The number of hydrogen-bond donors (Lipinski definition) is 5. The van der Waals surface area contributed by atoms with Crippen LogP contribution in [0.4, 0.5) is 24.5 Å². The molecule has 0 radical (unpaired) electrons. The lowest BCUT2D eigenvalue weighted by atomic mass is 10.0. The average molecular weight is 583 g/mol.